The molecular formula is C14H15N3O3S. The number of benzene rings is 1. The average Bonchev–Trinajstić information content (AvgIpc) is 3.02. The third kappa shape index (κ3) is 2.65. The summed E-state index contributed by atoms with van der Waals surface area (Å²) in [7, 11) is -3.65. The van der Waals surface area contributed by atoms with E-state index in [0.29, 0.717) is 16.8 Å². The number of anilines is 1. The van der Waals surface area contributed by atoms with Gasteiger partial charge in [0.25, 0.3) is 0 Å². The van der Waals surface area contributed by atoms with E-state index in [9.17, 15) is 8.42 Å². The first-order valence-corrected chi connectivity index (χ1v) is 7.85. The zero-order valence-electron chi connectivity index (χ0n) is 11.4. The number of aromatic amines is 1. The van der Waals surface area contributed by atoms with Gasteiger partial charge in [-0.25, -0.2) is 13.1 Å². The number of rotatable bonds is 4. The molecule has 0 spiro atoms. The van der Waals surface area contributed by atoms with Crippen molar-refractivity contribution < 1.29 is 12.8 Å². The van der Waals surface area contributed by atoms with Gasteiger partial charge in [0.2, 0.25) is 10.0 Å². The van der Waals surface area contributed by atoms with Crippen LogP contribution in [0.15, 0.2) is 45.8 Å². The van der Waals surface area contributed by atoms with Gasteiger partial charge >= 0.3 is 0 Å². The largest absolute Gasteiger partial charge is 0.465 e. The van der Waals surface area contributed by atoms with Gasteiger partial charge in [-0.05, 0) is 37.3 Å². The summed E-state index contributed by atoms with van der Waals surface area (Å²) in [5, 5.41) is 0.568. The molecule has 1 aromatic carbocycles. The number of nitrogens with one attached hydrogen (secondary N) is 2. The summed E-state index contributed by atoms with van der Waals surface area (Å²) in [4.78, 5) is 3.10. The Hall–Kier alpha value is -2.25. The van der Waals surface area contributed by atoms with E-state index in [4.69, 9.17) is 10.2 Å². The van der Waals surface area contributed by atoms with Crippen molar-refractivity contribution in [3.05, 3.63) is 48.0 Å². The van der Waals surface area contributed by atoms with Crippen molar-refractivity contribution >= 4 is 26.6 Å². The first-order chi connectivity index (χ1) is 9.95. The van der Waals surface area contributed by atoms with Gasteiger partial charge in [0.1, 0.15) is 16.4 Å². The molecule has 0 aliphatic carbocycles. The van der Waals surface area contributed by atoms with Gasteiger partial charge in [0.15, 0.2) is 0 Å². The van der Waals surface area contributed by atoms with Crippen LogP contribution in [0.1, 0.15) is 11.5 Å². The Balaban J connectivity index is 1.91. The minimum Gasteiger partial charge on any atom is -0.465 e. The highest BCUT2D eigenvalue weighted by atomic mass is 32.2. The first-order valence-electron chi connectivity index (χ1n) is 6.37. The van der Waals surface area contributed by atoms with E-state index >= 15 is 0 Å². The maximum Gasteiger partial charge on any atom is 0.243 e. The molecule has 2 heterocycles. The van der Waals surface area contributed by atoms with Crippen LogP contribution in [0.3, 0.4) is 0 Å². The molecular weight excluding hydrogens is 290 g/mol. The topological polar surface area (TPSA) is 101 Å². The molecule has 0 radical (unpaired) electrons. The van der Waals surface area contributed by atoms with Crippen LogP contribution in [0.4, 0.5) is 5.69 Å². The fourth-order valence-electron chi connectivity index (χ4n) is 2.16. The molecule has 0 atom stereocenters. The molecule has 6 nitrogen and oxygen atoms in total. The van der Waals surface area contributed by atoms with Crippen molar-refractivity contribution in [1.82, 2.24) is 9.71 Å². The molecule has 3 rings (SSSR count). The van der Waals surface area contributed by atoms with Gasteiger partial charge in [-0.2, -0.15) is 0 Å². The first kappa shape index (κ1) is 13.7. The number of furan rings is 1. The maximum absolute atomic E-state index is 12.4. The number of hydrogen-bond donors (Lipinski definition) is 3. The van der Waals surface area contributed by atoms with Crippen molar-refractivity contribution in [2.75, 3.05) is 5.73 Å². The third-order valence-electron chi connectivity index (χ3n) is 3.19. The Morgan fingerprint density at radius 2 is 2.10 bits per heavy atom. The van der Waals surface area contributed by atoms with Crippen molar-refractivity contribution in [1.29, 1.82) is 0 Å². The highest BCUT2D eigenvalue weighted by Crippen LogP contribution is 2.24. The quantitative estimate of drug-likeness (QED) is 0.643. The predicted octanol–water partition coefficient (Wildman–Crippen LogP) is 2.13. The van der Waals surface area contributed by atoms with Gasteiger partial charge in [-0.1, -0.05) is 0 Å². The molecule has 0 unspecified atom stereocenters. The van der Waals surface area contributed by atoms with Crippen molar-refractivity contribution in [3.63, 3.8) is 0 Å². The van der Waals surface area contributed by atoms with Crippen molar-refractivity contribution in [2.24, 2.45) is 0 Å². The molecule has 2 aromatic heterocycles. The minimum atomic E-state index is -3.65. The Labute approximate surface area is 122 Å². The lowest BCUT2D eigenvalue weighted by molar-refractivity contribution is 0.475. The molecule has 0 bridgehead atoms. The smallest absolute Gasteiger partial charge is 0.243 e. The van der Waals surface area contributed by atoms with Crippen LogP contribution in [0.5, 0.6) is 0 Å². The molecule has 0 aliphatic rings. The number of fused-ring (bicyclic) bond motifs is 1. The molecule has 21 heavy (non-hydrogen) atoms. The van der Waals surface area contributed by atoms with Gasteiger partial charge in [-0.3, -0.25) is 0 Å². The van der Waals surface area contributed by atoms with Crippen LogP contribution in [0.25, 0.3) is 10.9 Å². The van der Waals surface area contributed by atoms with Crippen LogP contribution in [-0.2, 0) is 16.6 Å². The second-order valence-electron chi connectivity index (χ2n) is 4.79. The maximum atomic E-state index is 12.4. The molecule has 0 fully saturated rings. The minimum absolute atomic E-state index is 0.102. The Morgan fingerprint density at radius 1 is 1.29 bits per heavy atom. The predicted molar refractivity (Wildman–Crippen MR) is 80.2 cm³/mol. The summed E-state index contributed by atoms with van der Waals surface area (Å²) in [6, 6.07) is 8.63. The van der Waals surface area contributed by atoms with E-state index in [1.807, 2.05) is 0 Å². The second-order valence-corrected chi connectivity index (χ2v) is 6.53. The molecule has 110 valence electrons. The highest BCUT2D eigenvalue weighted by molar-refractivity contribution is 7.89. The third-order valence-corrected chi connectivity index (χ3v) is 4.63. The summed E-state index contributed by atoms with van der Waals surface area (Å²) in [6.45, 7) is 1.91. The van der Waals surface area contributed by atoms with Gasteiger partial charge in [0.05, 0.1) is 6.54 Å². The summed E-state index contributed by atoms with van der Waals surface area (Å²) < 4.78 is 32.6. The lowest BCUT2D eigenvalue weighted by Gasteiger charge is -2.04. The monoisotopic (exact) mass is 305 g/mol. The number of aromatic nitrogens is 1. The number of hydrogen-bond acceptors (Lipinski definition) is 4. The summed E-state index contributed by atoms with van der Waals surface area (Å²) >= 11 is 0. The molecule has 0 amide bonds. The van der Waals surface area contributed by atoms with Gasteiger partial charge in [-0.15, -0.1) is 0 Å². The van der Waals surface area contributed by atoms with Crippen LogP contribution in [0.2, 0.25) is 0 Å². The number of sulfonamides is 1. The zero-order chi connectivity index (χ0) is 15.0. The zero-order valence-corrected chi connectivity index (χ0v) is 12.2. The Morgan fingerprint density at radius 3 is 2.81 bits per heavy atom. The normalized spacial score (nSPS) is 12.0. The molecule has 0 aliphatic heterocycles. The standard InChI is InChI=1S/C14H15N3O3S/c1-9-2-4-11(20-9)7-17-21(18,19)14-8-16-13-5-3-10(15)6-12(13)14/h2-6,8,16-17H,7,15H2,1H3. The molecule has 4 N–H and O–H groups in total. The van der Waals surface area contributed by atoms with Crippen molar-refractivity contribution in [3.8, 4) is 0 Å². The van der Waals surface area contributed by atoms with Crippen LogP contribution in [-0.4, -0.2) is 13.4 Å². The van der Waals surface area contributed by atoms with Crippen LogP contribution >= 0.6 is 0 Å². The molecule has 7 heteroatoms. The highest BCUT2D eigenvalue weighted by Gasteiger charge is 2.19. The lowest BCUT2D eigenvalue weighted by atomic mass is 10.2. The van der Waals surface area contributed by atoms with Gasteiger partial charge in [0, 0.05) is 22.8 Å². The lowest BCUT2D eigenvalue weighted by Crippen LogP contribution is -2.22. The Bertz CT molecular complexity index is 893. The fourth-order valence-corrected chi connectivity index (χ4v) is 3.32. The SMILES string of the molecule is Cc1ccc(CNS(=O)(=O)c2c[nH]c3ccc(N)cc23)o1. The molecule has 0 saturated carbocycles. The number of H-pyrrole nitrogens is 1. The molecule has 3 aromatic rings. The van der Waals surface area contributed by atoms with E-state index in [2.05, 4.69) is 9.71 Å². The van der Waals surface area contributed by atoms with E-state index in [0.717, 1.165) is 11.3 Å². The van der Waals surface area contributed by atoms with Crippen molar-refractivity contribution in [2.45, 2.75) is 18.4 Å². The van der Waals surface area contributed by atoms with E-state index in [-0.39, 0.29) is 11.4 Å². The summed E-state index contributed by atoms with van der Waals surface area (Å²) in [5.41, 5.74) is 6.95. The Kier molecular flexibility index (Phi) is 3.23. The van der Waals surface area contributed by atoms with E-state index in [1.165, 1.54) is 6.20 Å². The summed E-state index contributed by atoms with van der Waals surface area (Å²) in [6.07, 6.45) is 1.46. The van der Waals surface area contributed by atoms with E-state index in [1.54, 1.807) is 37.3 Å². The number of aryl methyl sites for hydroxylation is 1. The van der Waals surface area contributed by atoms with Crippen LogP contribution < -0.4 is 10.5 Å². The van der Waals surface area contributed by atoms with E-state index < -0.39 is 10.0 Å². The van der Waals surface area contributed by atoms with Gasteiger partial charge < -0.3 is 15.1 Å². The number of nitrogen functional groups attached to an aromatic ring is 1. The summed E-state index contributed by atoms with van der Waals surface area (Å²) in [5.74, 6) is 1.31. The number of nitrogens with two attached hydrogens (primary N) is 1. The second kappa shape index (κ2) is 4.94. The van der Waals surface area contributed by atoms with Crippen LogP contribution in [0, 0.1) is 6.92 Å². The molecule has 0 saturated heterocycles. The average molecular weight is 305 g/mol. The fraction of sp³-hybridized carbons (Fsp3) is 0.143.